The predicted molar refractivity (Wildman–Crippen MR) is 62.4 cm³/mol. The monoisotopic (exact) mass is 243 g/mol. The second-order valence-corrected chi connectivity index (χ2v) is 4.50. The molecule has 3 atom stereocenters. The van der Waals surface area contributed by atoms with Crippen LogP contribution in [0, 0.1) is 5.92 Å². The van der Waals surface area contributed by atoms with Gasteiger partial charge in [-0.25, -0.2) is 4.79 Å². The number of esters is 1. The predicted octanol–water partition coefficient (Wildman–Crippen LogP) is 0.868. The fourth-order valence-electron chi connectivity index (χ4n) is 2.43. The molecule has 1 amide bonds. The van der Waals surface area contributed by atoms with Gasteiger partial charge in [0.1, 0.15) is 6.04 Å². The van der Waals surface area contributed by atoms with Crippen LogP contribution in [0.3, 0.4) is 0 Å². The molecule has 0 aliphatic carbocycles. The van der Waals surface area contributed by atoms with Gasteiger partial charge in [0.15, 0.2) is 0 Å². The SMILES string of the molecule is CCOC(=O)[C@H](NC=O)C1C[C@@H](C)O[C@H](C)C1. The first kappa shape index (κ1) is 14.0. The van der Waals surface area contributed by atoms with Crippen LogP contribution in [-0.2, 0) is 19.1 Å². The van der Waals surface area contributed by atoms with Gasteiger partial charge in [-0.1, -0.05) is 0 Å². The van der Waals surface area contributed by atoms with E-state index in [1.807, 2.05) is 13.8 Å². The maximum absolute atomic E-state index is 11.8. The Kier molecular flexibility index (Phi) is 5.41. The molecule has 0 aromatic carbocycles. The van der Waals surface area contributed by atoms with E-state index in [0.29, 0.717) is 13.0 Å². The average molecular weight is 243 g/mol. The number of hydrogen-bond donors (Lipinski definition) is 1. The summed E-state index contributed by atoms with van der Waals surface area (Å²) in [6.45, 7) is 6.03. The number of carbonyl (C=O) groups excluding carboxylic acids is 2. The second kappa shape index (κ2) is 6.59. The molecule has 1 aliphatic rings. The Balaban J connectivity index is 2.68. The van der Waals surface area contributed by atoms with E-state index in [0.717, 1.165) is 12.8 Å². The van der Waals surface area contributed by atoms with Gasteiger partial charge in [0, 0.05) is 0 Å². The van der Waals surface area contributed by atoms with Gasteiger partial charge >= 0.3 is 5.97 Å². The molecule has 0 radical (unpaired) electrons. The third kappa shape index (κ3) is 4.00. The van der Waals surface area contributed by atoms with Crippen LogP contribution in [-0.4, -0.2) is 37.2 Å². The van der Waals surface area contributed by atoms with Crippen molar-refractivity contribution in [2.24, 2.45) is 5.92 Å². The maximum Gasteiger partial charge on any atom is 0.328 e. The first-order chi connectivity index (χ1) is 8.08. The van der Waals surface area contributed by atoms with Crippen LogP contribution < -0.4 is 5.32 Å². The van der Waals surface area contributed by atoms with Crippen LogP contribution in [0.2, 0.25) is 0 Å². The molecule has 1 N–H and O–H groups in total. The maximum atomic E-state index is 11.8. The van der Waals surface area contributed by atoms with Gasteiger partial charge in [-0.3, -0.25) is 4.79 Å². The summed E-state index contributed by atoms with van der Waals surface area (Å²) in [5, 5.41) is 2.57. The van der Waals surface area contributed by atoms with Gasteiger partial charge in [0.2, 0.25) is 6.41 Å². The minimum Gasteiger partial charge on any atom is -0.464 e. The third-order valence-corrected chi connectivity index (χ3v) is 2.99. The van der Waals surface area contributed by atoms with Gasteiger partial charge in [-0.2, -0.15) is 0 Å². The van der Waals surface area contributed by atoms with E-state index in [1.165, 1.54) is 0 Å². The smallest absolute Gasteiger partial charge is 0.328 e. The molecule has 98 valence electrons. The van der Waals surface area contributed by atoms with Gasteiger partial charge < -0.3 is 14.8 Å². The molecule has 0 saturated carbocycles. The van der Waals surface area contributed by atoms with Crippen LogP contribution in [0.15, 0.2) is 0 Å². The fraction of sp³-hybridized carbons (Fsp3) is 0.833. The molecule has 5 heteroatoms. The van der Waals surface area contributed by atoms with Crippen LogP contribution in [0.1, 0.15) is 33.6 Å². The number of ether oxygens (including phenoxy) is 2. The zero-order valence-electron chi connectivity index (χ0n) is 10.6. The van der Waals surface area contributed by atoms with Crippen LogP contribution >= 0.6 is 0 Å². The minimum absolute atomic E-state index is 0.0815. The van der Waals surface area contributed by atoms with Crippen molar-refractivity contribution in [3.63, 3.8) is 0 Å². The Morgan fingerprint density at radius 2 is 2.06 bits per heavy atom. The Hall–Kier alpha value is -1.10. The van der Waals surface area contributed by atoms with E-state index in [4.69, 9.17) is 9.47 Å². The lowest BCUT2D eigenvalue weighted by atomic mass is 9.86. The Morgan fingerprint density at radius 3 is 2.53 bits per heavy atom. The molecular weight excluding hydrogens is 222 g/mol. The standard InChI is InChI=1S/C12H21NO4/c1-4-16-12(15)11(13-7-14)10-5-8(2)17-9(3)6-10/h7-11H,4-6H2,1-3H3,(H,13,14)/t8-,9-,11-/m1/s1. The molecule has 17 heavy (non-hydrogen) atoms. The zero-order chi connectivity index (χ0) is 12.8. The molecule has 0 spiro atoms. The average Bonchev–Trinajstić information content (AvgIpc) is 2.24. The fourth-order valence-corrected chi connectivity index (χ4v) is 2.43. The zero-order valence-corrected chi connectivity index (χ0v) is 10.6. The molecule has 1 heterocycles. The first-order valence-electron chi connectivity index (χ1n) is 6.10. The third-order valence-electron chi connectivity index (χ3n) is 2.99. The van der Waals surface area contributed by atoms with Crippen molar-refractivity contribution in [2.45, 2.75) is 51.9 Å². The number of rotatable bonds is 5. The number of nitrogens with one attached hydrogen (secondary N) is 1. The topological polar surface area (TPSA) is 64.6 Å². The Labute approximate surface area is 102 Å². The van der Waals surface area contributed by atoms with Crippen molar-refractivity contribution in [1.29, 1.82) is 0 Å². The van der Waals surface area contributed by atoms with E-state index in [9.17, 15) is 9.59 Å². The molecule has 0 aromatic heterocycles. The van der Waals surface area contributed by atoms with Gasteiger partial charge in [0.25, 0.3) is 0 Å². The largest absolute Gasteiger partial charge is 0.464 e. The summed E-state index contributed by atoms with van der Waals surface area (Å²) < 4.78 is 10.6. The number of carbonyl (C=O) groups is 2. The van der Waals surface area contributed by atoms with Crippen molar-refractivity contribution in [1.82, 2.24) is 5.32 Å². The highest BCUT2D eigenvalue weighted by Gasteiger charge is 2.35. The minimum atomic E-state index is -0.554. The second-order valence-electron chi connectivity index (χ2n) is 4.50. The van der Waals surface area contributed by atoms with Gasteiger partial charge in [0.05, 0.1) is 18.8 Å². The lowest BCUT2D eigenvalue weighted by molar-refractivity contribution is -0.150. The quantitative estimate of drug-likeness (QED) is 0.575. The van der Waals surface area contributed by atoms with E-state index < -0.39 is 6.04 Å². The molecule has 1 rings (SSSR count). The normalized spacial score (nSPS) is 30.4. The van der Waals surface area contributed by atoms with Crippen molar-refractivity contribution in [3.8, 4) is 0 Å². The van der Waals surface area contributed by atoms with E-state index >= 15 is 0 Å². The first-order valence-corrected chi connectivity index (χ1v) is 6.10. The molecule has 5 nitrogen and oxygen atoms in total. The number of amides is 1. The van der Waals surface area contributed by atoms with Gasteiger partial charge in [-0.05, 0) is 39.5 Å². The summed E-state index contributed by atoms with van der Waals surface area (Å²) in [5.41, 5.74) is 0. The lowest BCUT2D eigenvalue weighted by Gasteiger charge is -2.35. The molecule has 1 aliphatic heterocycles. The molecule has 0 unspecified atom stereocenters. The summed E-state index contributed by atoms with van der Waals surface area (Å²) in [6, 6.07) is -0.554. The highest BCUT2D eigenvalue weighted by atomic mass is 16.5. The van der Waals surface area contributed by atoms with Crippen molar-refractivity contribution >= 4 is 12.4 Å². The molecule has 1 fully saturated rings. The summed E-state index contributed by atoms with van der Waals surface area (Å²) in [4.78, 5) is 22.3. The van der Waals surface area contributed by atoms with Crippen molar-refractivity contribution < 1.29 is 19.1 Å². The Bertz CT molecular complexity index is 259. The highest BCUT2D eigenvalue weighted by Crippen LogP contribution is 2.27. The Morgan fingerprint density at radius 1 is 1.47 bits per heavy atom. The summed E-state index contributed by atoms with van der Waals surface area (Å²) in [7, 11) is 0. The van der Waals surface area contributed by atoms with Crippen LogP contribution in [0.5, 0.6) is 0 Å². The van der Waals surface area contributed by atoms with Crippen molar-refractivity contribution in [3.05, 3.63) is 0 Å². The van der Waals surface area contributed by atoms with E-state index in [2.05, 4.69) is 5.32 Å². The summed E-state index contributed by atoms with van der Waals surface area (Å²) in [6.07, 6.45) is 2.29. The summed E-state index contributed by atoms with van der Waals surface area (Å²) >= 11 is 0. The lowest BCUT2D eigenvalue weighted by Crippen LogP contribution is -2.47. The van der Waals surface area contributed by atoms with Gasteiger partial charge in [-0.15, -0.1) is 0 Å². The molecule has 1 saturated heterocycles. The highest BCUT2D eigenvalue weighted by molar-refractivity contribution is 5.78. The van der Waals surface area contributed by atoms with Crippen LogP contribution in [0.4, 0.5) is 0 Å². The molecule has 0 aromatic rings. The summed E-state index contributed by atoms with van der Waals surface area (Å²) in [5.74, 6) is -0.274. The van der Waals surface area contributed by atoms with E-state index in [-0.39, 0.29) is 24.1 Å². The van der Waals surface area contributed by atoms with E-state index in [1.54, 1.807) is 6.92 Å². The molecule has 0 bridgehead atoms. The van der Waals surface area contributed by atoms with Crippen LogP contribution in [0.25, 0.3) is 0 Å². The number of hydrogen-bond acceptors (Lipinski definition) is 4. The van der Waals surface area contributed by atoms with Crippen molar-refractivity contribution in [2.75, 3.05) is 6.61 Å². The molecular formula is C12H21NO4.